The Balaban J connectivity index is 1.67. The van der Waals surface area contributed by atoms with Crippen molar-refractivity contribution >= 4 is 27.4 Å². The number of aryl methyl sites for hydroxylation is 1. The van der Waals surface area contributed by atoms with Gasteiger partial charge in [-0.25, -0.2) is 0 Å². The lowest BCUT2D eigenvalue weighted by Crippen LogP contribution is -2.07. The number of hydrogen-bond donors (Lipinski definition) is 0. The van der Waals surface area contributed by atoms with Crippen molar-refractivity contribution in [2.75, 3.05) is 0 Å². The molecular weight excluding hydrogens is 384 g/mol. The van der Waals surface area contributed by atoms with Gasteiger partial charge in [0, 0.05) is 11.1 Å². The van der Waals surface area contributed by atoms with Crippen LogP contribution in [0, 0.1) is 6.92 Å². The molecule has 3 aromatic rings. The Kier molecular flexibility index (Phi) is 5.00. The predicted molar refractivity (Wildman–Crippen MR) is 90.5 cm³/mol. The second kappa shape index (κ2) is 7.22. The molecule has 26 heavy (non-hydrogen) atoms. The molecule has 2 aromatic heterocycles. The minimum Gasteiger partial charge on any atom is -0.359 e. The first-order valence-corrected chi connectivity index (χ1v) is 9.07. The minimum absolute atomic E-state index is 0.0519. The first-order chi connectivity index (χ1) is 12.3. The summed E-state index contributed by atoms with van der Waals surface area (Å²) in [5.41, 5.74) is 0.346. The van der Waals surface area contributed by atoms with E-state index in [1.807, 2.05) is 0 Å². The van der Waals surface area contributed by atoms with Crippen molar-refractivity contribution in [3.05, 3.63) is 46.9 Å². The summed E-state index contributed by atoms with van der Waals surface area (Å²) in [6, 6.07) is 7.20. The maximum Gasteiger partial charge on any atom is 0.358 e. The number of benzene rings is 1. The second-order valence-corrected chi connectivity index (χ2v) is 7.24. The highest BCUT2D eigenvalue weighted by Gasteiger charge is 2.16. The van der Waals surface area contributed by atoms with Crippen LogP contribution in [0.2, 0.25) is 5.02 Å². The Morgan fingerprint density at radius 3 is 2.73 bits per heavy atom. The van der Waals surface area contributed by atoms with Gasteiger partial charge in [0.25, 0.3) is 0 Å². The van der Waals surface area contributed by atoms with Crippen LogP contribution >= 0.6 is 11.6 Å². The Hall–Kier alpha value is -2.79. The minimum atomic E-state index is -4.03. The highest BCUT2D eigenvalue weighted by atomic mass is 35.5. The monoisotopic (exact) mass is 396 g/mol. The molecule has 12 heteroatoms. The van der Waals surface area contributed by atoms with Crippen LogP contribution in [0.15, 0.2) is 44.9 Å². The predicted octanol–water partition coefficient (Wildman–Crippen LogP) is 1.94. The van der Waals surface area contributed by atoms with E-state index in [1.165, 1.54) is 29.1 Å². The number of nitrogens with zero attached hydrogens (tertiary/aromatic N) is 6. The molecule has 1 aromatic carbocycles. The highest BCUT2D eigenvalue weighted by Crippen LogP contribution is 2.16. The summed E-state index contributed by atoms with van der Waals surface area (Å²) in [5, 5.41) is 19.6. The van der Waals surface area contributed by atoms with Gasteiger partial charge >= 0.3 is 10.1 Å². The first-order valence-electron chi connectivity index (χ1n) is 7.29. The zero-order valence-electron chi connectivity index (χ0n) is 13.7. The lowest BCUT2D eigenvalue weighted by Gasteiger charge is -2.02. The number of oxime groups is 1. The normalized spacial score (nSPS) is 12.3. The van der Waals surface area contributed by atoms with E-state index in [0.717, 1.165) is 0 Å². The van der Waals surface area contributed by atoms with E-state index >= 15 is 0 Å². The fourth-order valence-corrected chi connectivity index (χ4v) is 2.78. The summed E-state index contributed by atoms with van der Waals surface area (Å²) in [6.07, 6.45) is 0.146. The van der Waals surface area contributed by atoms with Crippen molar-refractivity contribution in [2.45, 2.75) is 25.2 Å². The molecule has 136 valence electrons. The van der Waals surface area contributed by atoms with E-state index in [2.05, 4.69) is 25.7 Å². The van der Waals surface area contributed by atoms with Gasteiger partial charge in [-0.15, -0.1) is 15.0 Å². The van der Waals surface area contributed by atoms with E-state index in [1.54, 1.807) is 19.9 Å². The molecule has 0 bridgehead atoms. The molecule has 0 aliphatic heterocycles. The fraction of sp³-hybridized carbons (Fsp3) is 0.214. The van der Waals surface area contributed by atoms with Crippen LogP contribution in [-0.4, -0.2) is 39.5 Å². The summed E-state index contributed by atoms with van der Waals surface area (Å²) in [4.78, 5) is 1.15. The number of hydrogen-bond acceptors (Lipinski definition) is 9. The third kappa shape index (κ3) is 4.24. The topological polar surface area (TPSA) is 125 Å². The maximum atomic E-state index is 12.1. The average molecular weight is 397 g/mol. The van der Waals surface area contributed by atoms with Crippen molar-refractivity contribution in [1.82, 2.24) is 25.4 Å². The summed E-state index contributed by atoms with van der Waals surface area (Å²) in [5.74, 6) is 1.31. The Bertz CT molecular complexity index is 1040. The molecule has 0 unspecified atom stereocenters. The van der Waals surface area contributed by atoms with Crippen LogP contribution in [0.4, 0.5) is 0 Å². The van der Waals surface area contributed by atoms with Crippen molar-refractivity contribution in [1.29, 1.82) is 0 Å². The maximum absolute atomic E-state index is 12.1. The van der Waals surface area contributed by atoms with Crippen molar-refractivity contribution in [3.8, 4) is 5.82 Å². The molecule has 10 nitrogen and oxygen atoms in total. The first kappa shape index (κ1) is 18.0. The quantitative estimate of drug-likeness (QED) is 0.457. The van der Waals surface area contributed by atoms with Crippen molar-refractivity contribution < 1.29 is 17.2 Å². The van der Waals surface area contributed by atoms with E-state index in [0.29, 0.717) is 28.1 Å². The molecule has 2 heterocycles. The largest absolute Gasteiger partial charge is 0.359 e. The molecule has 3 rings (SSSR count). The van der Waals surface area contributed by atoms with Crippen LogP contribution in [0.1, 0.15) is 18.5 Å². The molecule has 0 amide bonds. The Labute approximate surface area is 153 Å². The van der Waals surface area contributed by atoms with Gasteiger partial charge in [0.15, 0.2) is 5.82 Å². The van der Waals surface area contributed by atoms with E-state index < -0.39 is 10.1 Å². The van der Waals surface area contributed by atoms with E-state index in [9.17, 15) is 8.42 Å². The van der Waals surface area contributed by atoms with Crippen LogP contribution in [0.5, 0.6) is 0 Å². The molecule has 0 aliphatic carbocycles. The second-order valence-electron chi connectivity index (χ2n) is 5.28. The Morgan fingerprint density at radius 1 is 1.35 bits per heavy atom. The van der Waals surface area contributed by atoms with Crippen LogP contribution < -0.4 is 0 Å². The van der Waals surface area contributed by atoms with Gasteiger partial charge in [-0.05, 0) is 43.3 Å². The van der Waals surface area contributed by atoms with Crippen LogP contribution in [0.25, 0.3) is 5.82 Å². The number of halogens is 1. The molecule has 0 radical (unpaired) electrons. The van der Waals surface area contributed by atoms with Crippen molar-refractivity contribution in [2.24, 2.45) is 5.16 Å². The summed E-state index contributed by atoms with van der Waals surface area (Å²) >= 11 is 5.73. The van der Waals surface area contributed by atoms with Gasteiger partial charge < -0.3 is 4.52 Å². The average Bonchev–Trinajstić information content (AvgIpc) is 3.22. The van der Waals surface area contributed by atoms with Crippen LogP contribution in [0.3, 0.4) is 0 Å². The molecule has 0 saturated heterocycles. The van der Waals surface area contributed by atoms with Gasteiger partial charge in [-0.3, -0.25) is 4.28 Å². The van der Waals surface area contributed by atoms with Gasteiger partial charge in [0.2, 0.25) is 5.82 Å². The molecule has 0 spiro atoms. The lowest BCUT2D eigenvalue weighted by atomic mass is 10.3. The van der Waals surface area contributed by atoms with Gasteiger partial charge in [-0.1, -0.05) is 21.9 Å². The number of rotatable bonds is 6. The Morgan fingerprint density at radius 2 is 2.08 bits per heavy atom. The SMILES string of the molecule is C/C(Cc1nnn(-c2cc(C)on2)n1)=N/OS(=O)(=O)c1ccc(Cl)cc1. The summed E-state index contributed by atoms with van der Waals surface area (Å²) in [7, 11) is -4.03. The van der Waals surface area contributed by atoms with Gasteiger partial charge in [0.05, 0.1) is 12.1 Å². The molecule has 0 saturated carbocycles. The standard InChI is InChI=1S/C14H13ClN6O4S/c1-9(18-25-26(22,23)12-5-3-11(15)4-6-12)7-13-16-20-21(17-13)14-8-10(2)24-19-14/h3-6,8H,7H2,1-2H3/b18-9-. The fourth-order valence-electron chi connectivity index (χ4n) is 1.88. The smallest absolute Gasteiger partial charge is 0.358 e. The summed E-state index contributed by atoms with van der Waals surface area (Å²) in [6.45, 7) is 3.32. The highest BCUT2D eigenvalue weighted by molar-refractivity contribution is 7.86. The molecule has 0 N–H and O–H groups in total. The van der Waals surface area contributed by atoms with Gasteiger partial charge in [-0.2, -0.15) is 8.42 Å². The van der Waals surface area contributed by atoms with E-state index in [4.69, 9.17) is 20.4 Å². The lowest BCUT2D eigenvalue weighted by molar-refractivity contribution is 0.337. The van der Waals surface area contributed by atoms with E-state index in [-0.39, 0.29) is 11.3 Å². The van der Waals surface area contributed by atoms with Gasteiger partial charge in [0.1, 0.15) is 10.7 Å². The number of aromatic nitrogens is 5. The molecule has 0 aliphatic rings. The van der Waals surface area contributed by atoms with Crippen molar-refractivity contribution in [3.63, 3.8) is 0 Å². The molecular formula is C14H13ClN6O4S. The third-order valence-electron chi connectivity index (χ3n) is 3.08. The molecule has 0 fully saturated rings. The number of tetrazole rings is 1. The zero-order valence-corrected chi connectivity index (χ0v) is 15.3. The zero-order chi connectivity index (χ0) is 18.7. The third-order valence-corrected chi connectivity index (χ3v) is 4.46. The molecule has 0 atom stereocenters. The van der Waals surface area contributed by atoms with Crippen LogP contribution in [-0.2, 0) is 20.8 Å². The summed E-state index contributed by atoms with van der Waals surface area (Å²) < 4.78 is 33.7.